The van der Waals surface area contributed by atoms with Crippen molar-refractivity contribution in [2.24, 2.45) is 5.92 Å². The number of nitrogens with zero attached hydrogens (tertiary/aromatic N) is 1. The van der Waals surface area contributed by atoms with Crippen LogP contribution in [0.5, 0.6) is 0 Å². The maximum atomic E-state index is 3.59. The van der Waals surface area contributed by atoms with Crippen molar-refractivity contribution in [2.45, 2.75) is 20.4 Å². The quantitative estimate of drug-likeness (QED) is 0.717. The highest BCUT2D eigenvalue weighted by Gasteiger charge is 2.07. The van der Waals surface area contributed by atoms with Crippen LogP contribution in [0, 0.1) is 5.92 Å². The molecule has 2 nitrogen and oxygen atoms in total. The van der Waals surface area contributed by atoms with E-state index in [4.69, 9.17) is 0 Å². The van der Waals surface area contributed by atoms with Gasteiger partial charge in [0.2, 0.25) is 0 Å². The highest BCUT2D eigenvalue weighted by Crippen LogP contribution is 2.32. The van der Waals surface area contributed by atoms with E-state index in [1.807, 2.05) is 0 Å². The van der Waals surface area contributed by atoms with E-state index in [0.29, 0.717) is 0 Å². The van der Waals surface area contributed by atoms with Crippen molar-refractivity contribution in [2.75, 3.05) is 26.7 Å². The van der Waals surface area contributed by atoms with Crippen LogP contribution in [-0.2, 0) is 6.54 Å². The molecule has 0 unspecified atom stereocenters. The molecule has 0 atom stereocenters. The molecule has 0 saturated heterocycles. The summed E-state index contributed by atoms with van der Waals surface area (Å²) in [6.45, 7) is 8.69. The van der Waals surface area contributed by atoms with E-state index in [1.54, 1.807) is 11.3 Å². The fraction of sp³-hybridized carbons (Fsp3) is 0.667. The van der Waals surface area contributed by atoms with Gasteiger partial charge in [0.05, 0.1) is 7.57 Å². The molecule has 0 radical (unpaired) electrons. The van der Waals surface area contributed by atoms with Crippen LogP contribution in [0.1, 0.15) is 19.4 Å². The van der Waals surface area contributed by atoms with Crippen LogP contribution in [0.2, 0.25) is 0 Å². The lowest BCUT2D eigenvalue weighted by Gasteiger charge is -2.17. The molecule has 0 bridgehead atoms. The third-order valence-corrected chi connectivity index (χ3v) is 4.85. The molecule has 1 rings (SSSR count). The lowest BCUT2D eigenvalue weighted by atomic mass is 10.2. The Kier molecular flexibility index (Phi) is 7.26. The van der Waals surface area contributed by atoms with Gasteiger partial charge in [0.1, 0.15) is 0 Å². The average molecular weight is 384 g/mol. The smallest absolute Gasteiger partial charge is 0.0755 e. The maximum absolute atomic E-state index is 3.59. The lowest BCUT2D eigenvalue weighted by Crippen LogP contribution is -2.30. The summed E-state index contributed by atoms with van der Waals surface area (Å²) in [5.41, 5.74) is 1.35. The highest BCUT2D eigenvalue weighted by molar-refractivity contribution is 9.12. The van der Waals surface area contributed by atoms with Gasteiger partial charge in [-0.3, -0.25) is 0 Å². The first-order chi connectivity index (χ1) is 7.99. The minimum atomic E-state index is 0.724. The minimum absolute atomic E-state index is 0.724. The Morgan fingerprint density at radius 1 is 1.41 bits per heavy atom. The van der Waals surface area contributed by atoms with Gasteiger partial charge in [0, 0.05) is 19.6 Å². The lowest BCUT2D eigenvalue weighted by molar-refractivity contribution is 0.321. The van der Waals surface area contributed by atoms with Gasteiger partial charge < -0.3 is 10.2 Å². The van der Waals surface area contributed by atoms with Gasteiger partial charge in [0.25, 0.3) is 0 Å². The molecule has 0 saturated carbocycles. The van der Waals surface area contributed by atoms with E-state index in [0.717, 1.165) is 32.1 Å². The van der Waals surface area contributed by atoms with E-state index in [9.17, 15) is 0 Å². The van der Waals surface area contributed by atoms with Crippen molar-refractivity contribution in [3.05, 3.63) is 19.2 Å². The van der Waals surface area contributed by atoms with Gasteiger partial charge in [-0.2, -0.15) is 0 Å². The summed E-state index contributed by atoms with van der Waals surface area (Å²) in [5, 5.41) is 3.46. The zero-order valence-corrected chi connectivity index (χ0v) is 14.6. The van der Waals surface area contributed by atoms with Gasteiger partial charge in [-0.1, -0.05) is 13.8 Å². The molecular weight excluding hydrogens is 364 g/mol. The molecule has 1 heterocycles. The second-order valence-electron chi connectivity index (χ2n) is 4.69. The summed E-state index contributed by atoms with van der Waals surface area (Å²) >= 11 is 8.84. The third kappa shape index (κ3) is 6.34. The largest absolute Gasteiger partial charge is 0.315 e. The Morgan fingerprint density at radius 2 is 2.12 bits per heavy atom. The summed E-state index contributed by atoms with van der Waals surface area (Å²) in [4.78, 5) is 2.34. The van der Waals surface area contributed by atoms with E-state index < -0.39 is 0 Å². The van der Waals surface area contributed by atoms with E-state index in [2.05, 4.69) is 69.0 Å². The van der Waals surface area contributed by atoms with Crippen LogP contribution in [0.4, 0.5) is 0 Å². The summed E-state index contributed by atoms with van der Waals surface area (Å²) in [6.07, 6.45) is 0. The second kappa shape index (κ2) is 7.89. The zero-order valence-electron chi connectivity index (χ0n) is 10.6. The zero-order chi connectivity index (χ0) is 12.8. The number of hydrogen-bond acceptors (Lipinski definition) is 3. The predicted octanol–water partition coefficient (Wildman–Crippen LogP) is 3.95. The van der Waals surface area contributed by atoms with Crippen molar-refractivity contribution >= 4 is 43.2 Å². The molecule has 5 heteroatoms. The molecule has 0 fully saturated rings. The molecule has 0 aromatic carbocycles. The van der Waals surface area contributed by atoms with Crippen molar-refractivity contribution in [3.63, 3.8) is 0 Å². The first-order valence-electron chi connectivity index (χ1n) is 5.82. The van der Waals surface area contributed by atoms with Crippen LogP contribution in [0.25, 0.3) is 0 Å². The van der Waals surface area contributed by atoms with Crippen LogP contribution in [0.3, 0.4) is 0 Å². The molecule has 1 aromatic rings. The minimum Gasteiger partial charge on any atom is -0.315 e. The van der Waals surface area contributed by atoms with E-state index >= 15 is 0 Å². The maximum Gasteiger partial charge on any atom is 0.0755 e. The number of halogens is 2. The van der Waals surface area contributed by atoms with Crippen molar-refractivity contribution in [3.8, 4) is 0 Å². The van der Waals surface area contributed by atoms with E-state index in [-0.39, 0.29) is 0 Å². The molecule has 0 amide bonds. The molecular formula is C12H20Br2N2S. The summed E-state index contributed by atoms with van der Waals surface area (Å²) in [6, 6.07) is 2.19. The Labute approximate surface area is 125 Å². The van der Waals surface area contributed by atoms with Crippen molar-refractivity contribution in [1.29, 1.82) is 0 Å². The Hall–Kier alpha value is 0.580. The van der Waals surface area contributed by atoms with Crippen molar-refractivity contribution < 1.29 is 0 Å². The second-order valence-corrected chi connectivity index (χ2v) is 8.43. The number of likely N-dealkylation sites (N-methyl/N-ethyl adjacent to an activating group) is 1. The molecule has 98 valence electrons. The van der Waals surface area contributed by atoms with Crippen molar-refractivity contribution in [1.82, 2.24) is 10.2 Å². The van der Waals surface area contributed by atoms with Crippen LogP contribution in [-0.4, -0.2) is 31.6 Å². The van der Waals surface area contributed by atoms with Gasteiger partial charge in [-0.25, -0.2) is 0 Å². The van der Waals surface area contributed by atoms with Gasteiger partial charge in [-0.15, -0.1) is 11.3 Å². The first kappa shape index (κ1) is 15.6. The Balaban J connectivity index is 2.25. The fourth-order valence-electron chi connectivity index (χ4n) is 1.51. The number of nitrogens with one attached hydrogen (secondary N) is 1. The van der Waals surface area contributed by atoms with Gasteiger partial charge >= 0.3 is 0 Å². The fourth-order valence-corrected chi connectivity index (χ4v) is 4.32. The normalized spacial score (nSPS) is 11.7. The summed E-state index contributed by atoms with van der Waals surface area (Å²) in [7, 11) is 2.16. The molecule has 1 aromatic heterocycles. The number of thiophene rings is 1. The Morgan fingerprint density at radius 3 is 2.65 bits per heavy atom. The summed E-state index contributed by atoms with van der Waals surface area (Å²) < 4.78 is 2.41. The van der Waals surface area contributed by atoms with Gasteiger partial charge in [0.15, 0.2) is 0 Å². The topological polar surface area (TPSA) is 15.3 Å². The van der Waals surface area contributed by atoms with Crippen LogP contribution >= 0.6 is 43.2 Å². The average Bonchev–Trinajstić information content (AvgIpc) is 2.52. The van der Waals surface area contributed by atoms with Crippen LogP contribution in [0.15, 0.2) is 13.6 Å². The SMILES string of the molecule is CC(C)CNCCN(C)Cc1cc(Br)sc1Br. The molecule has 0 aliphatic carbocycles. The predicted molar refractivity (Wildman–Crippen MR) is 83.8 cm³/mol. The highest BCUT2D eigenvalue weighted by atomic mass is 79.9. The Bertz CT molecular complexity index is 339. The first-order valence-corrected chi connectivity index (χ1v) is 8.22. The van der Waals surface area contributed by atoms with E-state index in [1.165, 1.54) is 13.1 Å². The molecule has 0 spiro atoms. The van der Waals surface area contributed by atoms with Gasteiger partial charge in [-0.05, 0) is 63.0 Å². The third-order valence-electron chi connectivity index (χ3n) is 2.39. The van der Waals surface area contributed by atoms with Crippen LogP contribution < -0.4 is 5.32 Å². The molecule has 0 aliphatic heterocycles. The monoisotopic (exact) mass is 382 g/mol. The standard InChI is InChI=1S/C12H20Br2N2S/c1-9(2)7-15-4-5-16(3)8-10-6-11(13)17-12(10)14/h6,9,15H,4-5,7-8H2,1-3H3. The molecule has 0 aliphatic rings. The molecule has 17 heavy (non-hydrogen) atoms. The summed E-state index contributed by atoms with van der Waals surface area (Å²) in [5.74, 6) is 0.724. The number of rotatable bonds is 7. The number of hydrogen-bond donors (Lipinski definition) is 1. The molecule has 1 N–H and O–H groups in total.